The van der Waals surface area contributed by atoms with Crippen LogP contribution in [0.25, 0.3) is 0 Å². The van der Waals surface area contributed by atoms with Crippen molar-refractivity contribution in [1.82, 2.24) is 4.90 Å². The quantitative estimate of drug-likeness (QED) is 0.647. The number of hydrogen-bond donors (Lipinski definition) is 0. The first kappa shape index (κ1) is 10.5. The van der Waals surface area contributed by atoms with Crippen molar-refractivity contribution in [3.05, 3.63) is 48.3 Å². The Morgan fingerprint density at radius 2 is 2.00 bits per heavy atom. The molecule has 1 aromatic carbocycles. The molecule has 0 fully saturated rings. The highest BCUT2D eigenvalue weighted by molar-refractivity contribution is 5.27. The molecule has 0 aromatic heterocycles. The van der Waals surface area contributed by atoms with Gasteiger partial charge in [0.15, 0.2) is 0 Å². The van der Waals surface area contributed by atoms with E-state index in [2.05, 4.69) is 42.6 Å². The van der Waals surface area contributed by atoms with Crippen LogP contribution < -0.4 is 0 Å². The van der Waals surface area contributed by atoms with Crippen LogP contribution in [0.1, 0.15) is 5.56 Å². The van der Waals surface area contributed by atoms with Crippen LogP contribution in [0.15, 0.2) is 47.7 Å². The predicted molar refractivity (Wildman–Crippen MR) is 61.5 cm³/mol. The molecule has 74 valence electrons. The van der Waals surface area contributed by atoms with Crippen molar-refractivity contribution in [1.29, 1.82) is 0 Å². The van der Waals surface area contributed by atoms with E-state index in [4.69, 9.17) is 0 Å². The third-order valence-corrected chi connectivity index (χ3v) is 2.20. The van der Waals surface area contributed by atoms with Crippen LogP contribution in [0, 0.1) is 0 Å². The van der Waals surface area contributed by atoms with Gasteiger partial charge in [-0.25, -0.2) is 4.99 Å². The molecule has 0 aliphatic rings. The van der Waals surface area contributed by atoms with E-state index in [1.807, 2.05) is 18.0 Å². The third-order valence-electron chi connectivity index (χ3n) is 2.20. The van der Waals surface area contributed by atoms with Crippen molar-refractivity contribution in [2.45, 2.75) is 6.42 Å². The molecule has 0 saturated carbocycles. The van der Waals surface area contributed by atoms with E-state index in [0.717, 1.165) is 18.8 Å². The standard InChI is InChI=1S/C12H16N2/c1-11(13-2)14(3)10-9-12-7-5-4-6-8-12/h4-8H,1-2,9-10H2,3H3. The molecule has 0 aliphatic heterocycles. The third kappa shape index (κ3) is 3.05. The van der Waals surface area contributed by atoms with Crippen LogP contribution >= 0.6 is 0 Å². The summed E-state index contributed by atoms with van der Waals surface area (Å²) in [5, 5.41) is 0. The normalized spacial score (nSPS) is 9.50. The molecule has 1 aromatic rings. The van der Waals surface area contributed by atoms with Gasteiger partial charge in [0, 0.05) is 13.6 Å². The Morgan fingerprint density at radius 3 is 2.57 bits per heavy atom. The van der Waals surface area contributed by atoms with Crippen molar-refractivity contribution in [2.75, 3.05) is 13.6 Å². The van der Waals surface area contributed by atoms with Gasteiger partial charge >= 0.3 is 0 Å². The van der Waals surface area contributed by atoms with Crippen LogP contribution in [0.2, 0.25) is 0 Å². The van der Waals surface area contributed by atoms with Gasteiger partial charge in [0.05, 0.1) is 0 Å². The second kappa shape index (κ2) is 5.22. The highest BCUT2D eigenvalue weighted by Gasteiger charge is 1.99. The van der Waals surface area contributed by atoms with E-state index in [1.54, 1.807) is 0 Å². The molecular formula is C12H16N2. The first-order valence-electron chi connectivity index (χ1n) is 4.64. The lowest BCUT2D eigenvalue weighted by atomic mass is 10.1. The summed E-state index contributed by atoms with van der Waals surface area (Å²) in [4.78, 5) is 5.78. The zero-order valence-electron chi connectivity index (χ0n) is 8.61. The van der Waals surface area contributed by atoms with Gasteiger partial charge in [0.25, 0.3) is 0 Å². The first-order valence-corrected chi connectivity index (χ1v) is 4.64. The van der Waals surface area contributed by atoms with E-state index in [-0.39, 0.29) is 0 Å². The van der Waals surface area contributed by atoms with Gasteiger partial charge in [-0.3, -0.25) is 0 Å². The molecule has 0 bridgehead atoms. The molecule has 0 N–H and O–H groups in total. The van der Waals surface area contributed by atoms with E-state index in [1.165, 1.54) is 5.56 Å². The summed E-state index contributed by atoms with van der Waals surface area (Å²) in [6.07, 6.45) is 1.01. The number of nitrogens with zero attached hydrogens (tertiary/aromatic N) is 2. The smallest absolute Gasteiger partial charge is 0.120 e. The summed E-state index contributed by atoms with van der Waals surface area (Å²) in [5.74, 6) is 0.723. The maximum absolute atomic E-state index is 3.78. The van der Waals surface area contributed by atoms with Crippen molar-refractivity contribution >= 4 is 6.72 Å². The Kier molecular flexibility index (Phi) is 3.92. The number of rotatable bonds is 5. The Morgan fingerprint density at radius 1 is 1.36 bits per heavy atom. The zero-order chi connectivity index (χ0) is 10.4. The lowest BCUT2D eigenvalue weighted by molar-refractivity contribution is 0.421. The summed E-state index contributed by atoms with van der Waals surface area (Å²) in [5.41, 5.74) is 1.33. The number of aliphatic imine (C=N–C) groups is 1. The van der Waals surface area contributed by atoms with Crippen molar-refractivity contribution in [3.63, 3.8) is 0 Å². The van der Waals surface area contributed by atoms with Gasteiger partial charge in [0.2, 0.25) is 0 Å². The largest absolute Gasteiger partial charge is 0.360 e. The minimum absolute atomic E-state index is 0.723. The van der Waals surface area contributed by atoms with Crippen molar-refractivity contribution in [3.8, 4) is 0 Å². The molecule has 0 amide bonds. The second-order valence-corrected chi connectivity index (χ2v) is 3.23. The number of likely N-dealkylation sites (N-methyl/N-ethyl adjacent to an activating group) is 1. The molecule has 0 spiro atoms. The SMILES string of the molecule is C=NC(=C)N(C)CCc1ccccc1. The molecule has 0 radical (unpaired) electrons. The van der Waals surface area contributed by atoms with E-state index in [0.29, 0.717) is 0 Å². The summed E-state index contributed by atoms with van der Waals surface area (Å²) in [6, 6.07) is 10.4. The maximum Gasteiger partial charge on any atom is 0.120 e. The Bertz CT molecular complexity index is 303. The van der Waals surface area contributed by atoms with Crippen molar-refractivity contribution < 1.29 is 0 Å². The lowest BCUT2D eigenvalue weighted by Crippen LogP contribution is -2.18. The lowest BCUT2D eigenvalue weighted by Gasteiger charge is -2.17. The van der Waals surface area contributed by atoms with Gasteiger partial charge in [-0.15, -0.1) is 0 Å². The van der Waals surface area contributed by atoms with Gasteiger partial charge in [-0.1, -0.05) is 36.9 Å². The van der Waals surface area contributed by atoms with Crippen LogP contribution in [0.3, 0.4) is 0 Å². The molecule has 0 heterocycles. The van der Waals surface area contributed by atoms with Crippen LogP contribution in [0.4, 0.5) is 0 Å². The number of hydrogen-bond acceptors (Lipinski definition) is 2. The minimum Gasteiger partial charge on any atom is -0.360 e. The molecule has 2 nitrogen and oxygen atoms in total. The van der Waals surface area contributed by atoms with E-state index in [9.17, 15) is 0 Å². The summed E-state index contributed by atoms with van der Waals surface area (Å²) in [6.45, 7) is 8.15. The monoisotopic (exact) mass is 188 g/mol. The molecule has 2 heteroatoms. The average molecular weight is 188 g/mol. The van der Waals surface area contributed by atoms with Gasteiger partial charge < -0.3 is 4.90 Å². The Hall–Kier alpha value is -1.57. The van der Waals surface area contributed by atoms with Crippen LogP contribution in [-0.4, -0.2) is 25.2 Å². The highest BCUT2D eigenvalue weighted by Crippen LogP contribution is 2.03. The molecule has 14 heavy (non-hydrogen) atoms. The van der Waals surface area contributed by atoms with Gasteiger partial charge in [0.1, 0.15) is 5.82 Å². The molecule has 0 saturated heterocycles. The minimum atomic E-state index is 0.723. The van der Waals surface area contributed by atoms with E-state index < -0.39 is 0 Å². The highest BCUT2D eigenvalue weighted by atomic mass is 15.2. The van der Waals surface area contributed by atoms with Crippen LogP contribution in [0.5, 0.6) is 0 Å². The molecule has 0 atom stereocenters. The molecular weight excluding hydrogens is 172 g/mol. The maximum atomic E-state index is 3.78. The Balaban J connectivity index is 2.41. The fourth-order valence-electron chi connectivity index (χ4n) is 1.19. The summed E-state index contributed by atoms with van der Waals surface area (Å²) >= 11 is 0. The fraction of sp³-hybridized carbons (Fsp3) is 0.250. The van der Waals surface area contributed by atoms with Gasteiger partial charge in [-0.05, 0) is 18.7 Å². The Labute approximate surface area is 85.6 Å². The number of benzene rings is 1. The summed E-state index contributed by atoms with van der Waals surface area (Å²) in [7, 11) is 1.97. The molecule has 0 aliphatic carbocycles. The zero-order valence-corrected chi connectivity index (χ0v) is 8.61. The molecule has 0 unspecified atom stereocenters. The van der Waals surface area contributed by atoms with E-state index >= 15 is 0 Å². The second-order valence-electron chi connectivity index (χ2n) is 3.23. The van der Waals surface area contributed by atoms with Crippen LogP contribution in [-0.2, 0) is 6.42 Å². The van der Waals surface area contributed by atoms with Crippen molar-refractivity contribution in [2.24, 2.45) is 4.99 Å². The van der Waals surface area contributed by atoms with Gasteiger partial charge in [-0.2, -0.15) is 0 Å². The average Bonchev–Trinajstić information content (AvgIpc) is 2.26. The fourth-order valence-corrected chi connectivity index (χ4v) is 1.19. The summed E-state index contributed by atoms with van der Waals surface area (Å²) < 4.78 is 0. The topological polar surface area (TPSA) is 15.6 Å². The molecule has 1 rings (SSSR count). The first-order chi connectivity index (χ1) is 6.74. The predicted octanol–water partition coefficient (Wildman–Crippen LogP) is 2.33.